The molecule has 1 heterocycles. The number of aliphatic hydroxyl groups excluding tert-OH is 1. The highest BCUT2D eigenvalue weighted by atomic mass is 35.5. The maximum absolute atomic E-state index is 13.0. The van der Waals surface area contributed by atoms with Gasteiger partial charge in [0.25, 0.3) is 10.0 Å². The Hall–Kier alpha value is -1.94. The standard InChI is InChI=1S/C26H34ClN3O4S2/c1-6-13-30(5)24(32)15(2)19-11-12-26(4)14-20-22(16(3)21(26)23(19)31)28-25(35-20)29-36(33,34)18-9-7-17(27)8-10-18/h6-10,15-16,19,21,23,31H,1,11-14H2,2-5H3,(H,28,29)/t15-,16-,19-,21+,23-,26-/m0/s1. The van der Waals surface area contributed by atoms with Gasteiger partial charge in [-0.1, -0.05) is 38.4 Å². The normalized spacial score (nSPS) is 28.5. The number of nitrogens with one attached hydrogen (secondary N) is 1. The van der Waals surface area contributed by atoms with Crippen molar-refractivity contribution >= 4 is 44.0 Å². The number of benzene rings is 1. The zero-order valence-electron chi connectivity index (χ0n) is 21.1. The molecular formula is C26H34ClN3O4S2. The summed E-state index contributed by atoms with van der Waals surface area (Å²) in [5, 5.41) is 12.4. The number of rotatable bonds is 7. The van der Waals surface area contributed by atoms with Gasteiger partial charge in [0.2, 0.25) is 5.91 Å². The molecule has 1 amide bonds. The first-order chi connectivity index (χ1) is 16.9. The lowest BCUT2D eigenvalue weighted by Crippen LogP contribution is -2.53. The minimum absolute atomic E-state index is 0.0132. The van der Waals surface area contributed by atoms with Crippen LogP contribution in [0.3, 0.4) is 0 Å². The minimum atomic E-state index is -3.80. The van der Waals surface area contributed by atoms with E-state index in [1.54, 1.807) is 18.0 Å². The molecule has 0 bridgehead atoms. The number of aromatic nitrogens is 1. The van der Waals surface area contributed by atoms with E-state index in [4.69, 9.17) is 11.6 Å². The molecule has 0 saturated heterocycles. The summed E-state index contributed by atoms with van der Waals surface area (Å²) in [6, 6.07) is 5.99. The van der Waals surface area contributed by atoms with Crippen molar-refractivity contribution in [3.63, 3.8) is 0 Å². The molecule has 196 valence electrons. The molecule has 7 nitrogen and oxygen atoms in total. The molecule has 1 saturated carbocycles. The number of amides is 1. The molecule has 0 radical (unpaired) electrons. The van der Waals surface area contributed by atoms with Gasteiger partial charge in [0.05, 0.1) is 16.7 Å². The molecule has 1 fully saturated rings. The Kier molecular flexibility index (Phi) is 7.59. The average molecular weight is 552 g/mol. The molecule has 36 heavy (non-hydrogen) atoms. The van der Waals surface area contributed by atoms with Crippen LogP contribution in [0.2, 0.25) is 5.02 Å². The van der Waals surface area contributed by atoms with E-state index >= 15 is 0 Å². The Morgan fingerprint density at radius 1 is 1.42 bits per heavy atom. The van der Waals surface area contributed by atoms with E-state index in [-0.39, 0.29) is 39.9 Å². The average Bonchev–Trinajstić information content (AvgIpc) is 3.19. The summed E-state index contributed by atoms with van der Waals surface area (Å²) in [5.74, 6) is -0.589. The summed E-state index contributed by atoms with van der Waals surface area (Å²) in [6.07, 6.45) is 3.42. The van der Waals surface area contributed by atoms with Gasteiger partial charge in [0, 0.05) is 35.3 Å². The molecule has 2 aliphatic carbocycles. The second-order valence-corrected chi connectivity index (χ2v) is 13.7. The molecule has 6 atom stereocenters. The van der Waals surface area contributed by atoms with Crippen molar-refractivity contribution in [2.45, 2.75) is 57.0 Å². The molecule has 0 unspecified atom stereocenters. The topological polar surface area (TPSA) is 99.6 Å². The molecule has 1 aromatic heterocycles. The van der Waals surface area contributed by atoms with E-state index < -0.39 is 16.1 Å². The minimum Gasteiger partial charge on any atom is -0.392 e. The molecule has 0 aliphatic heterocycles. The van der Waals surface area contributed by atoms with Crippen molar-refractivity contribution in [2.24, 2.45) is 23.2 Å². The molecule has 4 rings (SSSR count). The SMILES string of the molecule is C=CCN(C)C(=O)[C@@H](C)[C@@H]1CC[C@@]2(C)Cc3sc(NS(=O)(=O)c4ccc(Cl)cc4)nc3[C@@H](C)[C@@H]2[C@H]1O. The van der Waals surface area contributed by atoms with Crippen molar-refractivity contribution < 1.29 is 18.3 Å². The predicted molar refractivity (Wildman–Crippen MR) is 144 cm³/mol. The smallest absolute Gasteiger partial charge is 0.263 e. The fourth-order valence-corrected chi connectivity index (χ4v) is 8.82. The Labute approximate surface area is 222 Å². The van der Waals surface area contributed by atoms with Gasteiger partial charge in [-0.15, -0.1) is 17.9 Å². The Morgan fingerprint density at radius 3 is 2.72 bits per heavy atom. The van der Waals surface area contributed by atoms with Crippen molar-refractivity contribution in [3.05, 3.63) is 52.5 Å². The largest absolute Gasteiger partial charge is 0.392 e. The van der Waals surface area contributed by atoms with Crippen LogP contribution in [0.15, 0.2) is 41.8 Å². The van der Waals surface area contributed by atoms with Crippen LogP contribution in [0, 0.1) is 23.2 Å². The second kappa shape index (κ2) is 10.1. The van der Waals surface area contributed by atoms with Crippen molar-refractivity contribution in [3.8, 4) is 0 Å². The number of sulfonamides is 1. The number of hydrogen-bond acceptors (Lipinski definition) is 6. The summed E-state index contributed by atoms with van der Waals surface area (Å²) >= 11 is 7.26. The lowest BCUT2D eigenvalue weighted by Gasteiger charge is -2.53. The third kappa shape index (κ3) is 4.95. The van der Waals surface area contributed by atoms with Gasteiger partial charge >= 0.3 is 0 Å². The zero-order chi connectivity index (χ0) is 26.4. The molecule has 2 N–H and O–H groups in total. The third-order valence-electron chi connectivity index (χ3n) is 8.08. The summed E-state index contributed by atoms with van der Waals surface area (Å²) < 4.78 is 28.4. The Morgan fingerprint density at radius 2 is 2.08 bits per heavy atom. The molecule has 0 spiro atoms. The van der Waals surface area contributed by atoms with Crippen LogP contribution in [-0.4, -0.2) is 49.0 Å². The van der Waals surface area contributed by atoms with Crippen LogP contribution in [0.5, 0.6) is 0 Å². The second-order valence-electron chi connectivity index (χ2n) is 10.5. The third-order valence-corrected chi connectivity index (χ3v) is 10.8. The summed E-state index contributed by atoms with van der Waals surface area (Å²) in [4.78, 5) is 20.5. The van der Waals surface area contributed by atoms with Crippen LogP contribution in [0.25, 0.3) is 0 Å². The molecule has 10 heteroatoms. The Bertz CT molecular complexity index is 1250. The highest BCUT2D eigenvalue weighted by Gasteiger charge is 2.54. The van der Waals surface area contributed by atoms with Gasteiger partial charge in [0.15, 0.2) is 5.13 Å². The van der Waals surface area contributed by atoms with Gasteiger partial charge in [0.1, 0.15) is 0 Å². The number of anilines is 1. The van der Waals surface area contributed by atoms with Gasteiger partial charge in [-0.3, -0.25) is 9.52 Å². The first-order valence-electron chi connectivity index (χ1n) is 12.2. The first kappa shape index (κ1) is 27.1. The number of likely N-dealkylation sites (N-methyl/N-ethyl adjacent to an activating group) is 1. The fraction of sp³-hybridized carbons (Fsp3) is 0.538. The van der Waals surface area contributed by atoms with Crippen molar-refractivity contribution in [1.82, 2.24) is 9.88 Å². The van der Waals surface area contributed by atoms with E-state index in [9.17, 15) is 18.3 Å². The Balaban J connectivity index is 1.57. The zero-order valence-corrected chi connectivity index (χ0v) is 23.5. The monoisotopic (exact) mass is 551 g/mol. The number of thiazole rings is 1. The highest BCUT2D eigenvalue weighted by molar-refractivity contribution is 7.93. The van der Waals surface area contributed by atoms with Gasteiger partial charge < -0.3 is 10.0 Å². The number of fused-ring (bicyclic) bond motifs is 2. The van der Waals surface area contributed by atoms with Gasteiger partial charge in [-0.05, 0) is 60.8 Å². The number of nitrogens with zero attached hydrogens (tertiary/aromatic N) is 2. The fourth-order valence-electron chi connectivity index (χ4n) is 6.19. The predicted octanol–water partition coefficient (Wildman–Crippen LogP) is 4.93. The van der Waals surface area contributed by atoms with Crippen LogP contribution >= 0.6 is 22.9 Å². The lowest BCUT2D eigenvalue weighted by molar-refractivity contribution is -0.143. The summed E-state index contributed by atoms with van der Waals surface area (Å²) in [7, 11) is -2.04. The van der Waals surface area contributed by atoms with Crippen molar-refractivity contribution in [2.75, 3.05) is 18.3 Å². The molecule has 2 aromatic rings. The van der Waals surface area contributed by atoms with Crippen LogP contribution in [0.1, 0.15) is 50.1 Å². The van der Waals surface area contributed by atoms with E-state index in [0.717, 1.165) is 29.8 Å². The number of hydrogen-bond donors (Lipinski definition) is 2. The van der Waals surface area contributed by atoms with E-state index in [0.29, 0.717) is 16.7 Å². The number of halogens is 1. The number of aliphatic hydroxyl groups is 1. The molecular weight excluding hydrogens is 518 g/mol. The van der Waals surface area contributed by atoms with E-state index in [2.05, 4.69) is 30.1 Å². The number of carbonyl (C=O) groups excluding carboxylic acids is 1. The molecule has 2 aliphatic rings. The van der Waals surface area contributed by atoms with Gasteiger partial charge in [-0.25, -0.2) is 13.4 Å². The van der Waals surface area contributed by atoms with E-state index in [1.807, 2.05) is 6.92 Å². The number of carbonyl (C=O) groups is 1. The maximum Gasteiger partial charge on any atom is 0.263 e. The van der Waals surface area contributed by atoms with Crippen molar-refractivity contribution in [1.29, 1.82) is 0 Å². The quantitative estimate of drug-likeness (QED) is 0.475. The van der Waals surface area contributed by atoms with Gasteiger partial charge in [-0.2, -0.15) is 0 Å². The van der Waals surface area contributed by atoms with E-state index in [1.165, 1.54) is 35.6 Å². The maximum atomic E-state index is 13.0. The van der Waals surface area contributed by atoms with Crippen LogP contribution < -0.4 is 4.72 Å². The summed E-state index contributed by atoms with van der Waals surface area (Å²) in [5.41, 5.74) is 0.676. The lowest BCUT2D eigenvalue weighted by atomic mass is 9.53. The molecule has 1 aromatic carbocycles. The summed E-state index contributed by atoms with van der Waals surface area (Å²) in [6.45, 7) is 10.3. The first-order valence-corrected chi connectivity index (χ1v) is 14.9. The van der Waals surface area contributed by atoms with Crippen LogP contribution in [0.4, 0.5) is 5.13 Å². The highest BCUT2D eigenvalue weighted by Crippen LogP contribution is 2.57. The van der Waals surface area contributed by atoms with Crippen LogP contribution in [-0.2, 0) is 21.2 Å².